The van der Waals surface area contributed by atoms with E-state index in [0.29, 0.717) is 22.0 Å². The molecule has 2 amide bonds. The summed E-state index contributed by atoms with van der Waals surface area (Å²) in [5, 5.41) is 10.9. The fourth-order valence-corrected chi connectivity index (χ4v) is 5.53. The van der Waals surface area contributed by atoms with Gasteiger partial charge in [0.05, 0.1) is 22.4 Å². The van der Waals surface area contributed by atoms with Gasteiger partial charge in [-0.05, 0) is 52.1 Å². The third kappa shape index (κ3) is 1.65. The van der Waals surface area contributed by atoms with Crippen LogP contribution in [0.25, 0.3) is 0 Å². The number of nitro benzene ring substituents is 1. The zero-order chi connectivity index (χ0) is 16.7. The molecule has 1 saturated heterocycles. The first-order chi connectivity index (χ1) is 11.5. The van der Waals surface area contributed by atoms with E-state index in [9.17, 15) is 19.7 Å². The molecule has 2 saturated carbocycles. The Morgan fingerprint density at radius 2 is 1.67 bits per heavy atom. The SMILES string of the molecule is O=C1[C@@H]2[C@@H]3C=C[C@H]([C@@H]4C[C@H]34)[C@H]2C(=O)N1c1ccc([N+](=O)[O-])cc1Br. The van der Waals surface area contributed by atoms with E-state index in [4.69, 9.17) is 0 Å². The van der Waals surface area contributed by atoms with Gasteiger partial charge in [-0.3, -0.25) is 19.7 Å². The van der Waals surface area contributed by atoms with Crippen molar-refractivity contribution in [3.8, 4) is 0 Å². The number of nitro groups is 1. The minimum atomic E-state index is -0.500. The second-order valence-electron chi connectivity index (χ2n) is 7.06. The molecule has 6 atom stereocenters. The fourth-order valence-electron chi connectivity index (χ4n) is 4.99. The number of hydrogen-bond donors (Lipinski definition) is 0. The van der Waals surface area contributed by atoms with Crippen LogP contribution < -0.4 is 4.90 Å². The normalized spacial score (nSPS) is 38.3. The van der Waals surface area contributed by atoms with E-state index in [-0.39, 0.29) is 41.2 Å². The van der Waals surface area contributed by atoms with Crippen LogP contribution in [0.5, 0.6) is 0 Å². The van der Waals surface area contributed by atoms with Gasteiger partial charge < -0.3 is 0 Å². The molecule has 1 heterocycles. The van der Waals surface area contributed by atoms with Gasteiger partial charge in [0.25, 0.3) is 5.69 Å². The van der Waals surface area contributed by atoms with Gasteiger partial charge in [0.15, 0.2) is 0 Å². The number of carbonyl (C=O) groups is 2. The maximum atomic E-state index is 13.0. The standard InChI is InChI=1S/C17H13BrN2O4/c18-12-5-7(20(23)24)1-4-13(12)19-16(21)14-8-2-3-9(11-6-10(8)11)15(14)17(19)22/h1-5,8-11,14-15H,6H2/t8-,9-,10-,11+,14-,15-/m1/s1. The number of imide groups is 1. The maximum absolute atomic E-state index is 13.0. The van der Waals surface area contributed by atoms with Gasteiger partial charge in [0.1, 0.15) is 0 Å². The monoisotopic (exact) mass is 388 g/mol. The summed E-state index contributed by atoms with van der Waals surface area (Å²) in [6.45, 7) is 0. The molecule has 5 aliphatic rings. The Kier molecular flexibility index (Phi) is 2.71. The first-order valence-corrected chi connectivity index (χ1v) is 8.78. The van der Waals surface area contributed by atoms with Crippen molar-refractivity contribution >= 4 is 39.1 Å². The Hall–Kier alpha value is -2.02. The van der Waals surface area contributed by atoms with Crippen molar-refractivity contribution in [2.75, 3.05) is 4.90 Å². The molecule has 1 aromatic rings. The minimum Gasteiger partial charge on any atom is -0.274 e. The first-order valence-electron chi connectivity index (χ1n) is 7.99. The summed E-state index contributed by atoms with van der Waals surface area (Å²) >= 11 is 3.28. The molecular formula is C17H13BrN2O4. The molecule has 0 unspecified atom stereocenters. The van der Waals surface area contributed by atoms with E-state index < -0.39 is 4.92 Å². The van der Waals surface area contributed by atoms with Crippen LogP contribution in [0.1, 0.15) is 6.42 Å². The molecule has 1 aromatic carbocycles. The van der Waals surface area contributed by atoms with Crippen LogP contribution >= 0.6 is 15.9 Å². The molecular weight excluding hydrogens is 376 g/mol. The lowest BCUT2D eigenvalue weighted by atomic mass is 9.63. The Balaban J connectivity index is 1.56. The van der Waals surface area contributed by atoms with E-state index in [1.54, 1.807) is 0 Å². The Morgan fingerprint density at radius 3 is 2.17 bits per heavy atom. The van der Waals surface area contributed by atoms with E-state index in [1.165, 1.54) is 23.1 Å². The van der Waals surface area contributed by atoms with Crippen molar-refractivity contribution in [1.29, 1.82) is 0 Å². The van der Waals surface area contributed by atoms with Crippen molar-refractivity contribution in [3.63, 3.8) is 0 Å². The highest BCUT2D eigenvalue weighted by Crippen LogP contribution is 2.65. The lowest BCUT2D eigenvalue weighted by Gasteiger charge is -2.37. The third-order valence-corrected chi connectivity index (χ3v) is 6.68. The van der Waals surface area contributed by atoms with Crippen LogP contribution in [-0.4, -0.2) is 16.7 Å². The molecule has 0 aromatic heterocycles. The summed E-state index contributed by atoms with van der Waals surface area (Å²) in [4.78, 5) is 37.6. The molecule has 4 aliphatic carbocycles. The molecule has 1 aliphatic heterocycles. The smallest absolute Gasteiger partial charge is 0.270 e. The number of anilines is 1. The second-order valence-corrected chi connectivity index (χ2v) is 7.91. The molecule has 7 heteroatoms. The van der Waals surface area contributed by atoms with Gasteiger partial charge in [-0.2, -0.15) is 0 Å². The molecule has 6 nitrogen and oxygen atoms in total. The van der Waals surface area contributed by atoms with E-state index in [1.807, 2.05) is 0 Å². The van der Waals surface area contributed by atoms with Gasteiger partial charge in [-0.1, -0.05) is 12.2 Å². The quantitative estimate of drug-likeness (QED) is 0.337. The van der Waals surface area contributed by atoms with Gasteiger partial charge >= 0.3 is 0 Å². The maximum Gasteiger partial charge on any atom is 0.270 e. The molecule has 24 heavy (non-hydrogen) atoms. The molecule has 0 N–H and O–H groups in total. The first kappa shape index (κ1) is 14.3. The second kappa shape index (κ2) is 4.53. The summed E-state index contributed by atoms with van der Waals surface area (Å²) < 4.78 is 0.391. The van der Waals surface area contributed by atoms with Crippen LogP contribution in [-0.2, 0) is 9.59 Å². The highest BCUT2D eigenvalue weighted by molar-refractivity contribution is 9.10. The number of amides is 2. The summed E-state index contributed by atoms with van der Waals surface area (Å²) in [7, 11) is 0. The van der Waals surface area contributed by atoms with Crippen LogP contribution in [0, 0.1) is 45.6 Å². The predicted molar refractivity (Wildman–Crippen MR) is 88.0 cm³/mol. The van der Waals surface area contributed by atoms with E-state index >= 15 is 0 Å². The number of allylic oxidation sites excluding steroid dienone is 2. The minimum absolute atomic E-state index is 0.0786. The average molecular weight is 389 g/mol. The van der Waals surface area contributed by atoms with Crippen molar-refractivity contribution in [1.82, 2.24) is 0 Å². The van der Waals surface area contributed by atoms with Gasteiger partial charge in [-0.15, -0.1) is 0 Å². The number of hydrogen-bond acceptors (Lipinski definition) is 4. The predicted octanol–water partition coefficient (Wildman–Crippen LogP) is 2.91. The molecule has 2 bridgehead atoms. The number of nitrogens with zero attached hydrogens (tertiary/aromatic N) is 2. The Morgan fingerprint density at radius 1 is 1.08 bits per heavy atom. The fraction of sp³-hybridized carbons (Fsp3) is 0.412. The van der Waals surface area contributed by atoms with Crippen molar-refractivity contribution in [2.45, 2.75) is 6.42 Å². The van der Waals surface area contributed by atoms with E-state index in [0.717, 1.165) is 6.42 Å². The zero-order valence-corrected chi connectivity index (χ0v) is 14.0. The third-order valence-electron chi connectivity index (χ3n) is 6.05. The number of non-ortho nitro benzene ring substituents is 1. The van der Waals surface area contributed by atoms with E-state index in [2.05, 4.69) is 28.1 Å². The van der Waals surface area contributed by atoms with Crippen molar-refractivity contribution in [3.05, 3.63) is 44.9 Å². The van der Waals surface area contributed by atoms with Crippen molar-refractivity contribution < 1.29 is 14.5 Å². The highest BCUT2D eigenvalue weighted by Gasteiger charge is 2.67. The molecule has 6 rings (SSSR count). The highest BCUT2D eigenvalue weighted by atomic mass is 79.9. The average Bonchev–Trinajstić information content (AvgIpc) is 3.33. The molecule has 0 spiro atoms. The van der Waals surface area contributed by atoms with Gasteiger partial charge in [-0.25, -0.2) is 4.90 Å². The lowest BCUT2D eigenvalue weighted by Crippen LogP contribution is -2.40. The number of halogens is 1. The van der Waals surface area contributed by atoms with Crippen LogP contribution in [0.15, 0.2) is 34.8 Å². The topological polar surface area (TPSA) is 80.5 Å². The number of benzene rings is 1. The lowest BCUT2D eigenvalue weighted by molar-refractivity contribution is -0.384. The largest absolute Gasteiger partial charge is 0.274 e. The molecule has 3 fully saturated rings. The van der Waals surface area contributed by atoms with Crippen molar-refractivity contribution in [2.24, 2.45) is 35.5 Å². The molecule has 122 valence electrons. The van der Waals surface area contributed by atoms with Crippen LogP contribution in [0.3, 0.4) is 0 Å². The van der Waals surface area contributed by atoms with Crippen LogP contribution in [0.4, 0.5) is 11.4 Å². The number of rotatable bonds is 2. The molecule has 0 radical (unpaired) electrons. The number of carbonyl (C=O) groups excluding carboxylic acids is 2. The summed E-state index contributed by atoms with van der Waals surface area (Å²) in [5.41, 5.74) is 0.322. The van der Waals surface area contributed by atoms with Crippen LogP contribution in [0.2, 0.25) is 0 Å². The zero-order valence-electron chi connectivity index (χ0n) is 12.5. The Labute approximate surface area is 145 Å². The summed E-state index contributed by atoms with van der Waals surface area (Å²) in [5.74, 6) is 0.591. The summed E-state index contributed by atoms with van der Waals surface area (Å²) in [6.07, 6.45) is 5.37. The summed E-state index contributed by atoms with van der Waals surface area (Å²) in [6, 6.07) is 4.14. The van der Waals surface area contributed by atoms with Gasteiger partial charge in [0, 0.05) is 16.6 Å². The Bertz CT molecular complexity index is 815. The van der Waals surface area contributed by atoms with Gasteiger partial charge in [0.2, 0.25) is 11.8 Å².